The maximum Gasteiger partial charge on any atom is 0.573 e. The van der Waals surface area contributed by atoms with E-state index in [1.165, 1.54) is 24.3 Å². The van der Waals surface area contributed by atoms with Crippen LogP contribution in [0.15, 0.2) is 24.3 Å². The molecule has 0 amide bonds. The van der Waals surface area contributed by atoms with Crippen LogP contribution in [0.1, 0.15) is 32.8 Å². The Hall–Kier alpha value is -1.56. The van der Waals surface area contributed by atoms with E-state index >= 15 is 0 Å². The van der Waals surface area contributed by atoms with E-state index in [0.717, 1.165) is 0 Å². The van der Waals surface area contributed by atoms with Crippen molar-refractivity contribution in [2.24, 2.45) is 0 Å². The van der Waals surface area contributed by atoms with Gasteiger partial charge in [-0.3, -0.25) is 4.79 Å². The molecule has 0 bridgehead atoms. The van der Waals surface area contributed by atoms with Gasteiger partial charge in [0.15, 0.2) is 0 Å². The summed E-state index contributed by atoms with van der Waals surface area (Å²) in [7, 11) is 0. The molecule has 0 aliphatic rings. The Kier molecular flexibility index (Phi) is 5.78. The number of benzene rings is 1. The number of hydrogen-bond acceptors (Lipinski definition) is 3. The first-order valence-corrected chi connectivity index (χ1v) is 6.66. The highest BCUT2D eigenvalue weighted by molar-refractivity contribution is 5.81. The molecule has 0 unspecified atom stereocenters. The van der Waals surface area contributed by atoms with Crippen LogP contribution in [0.2, 0.25) is 0 Å². The molecule has 0 spiro atoms. The van der Waals surface area contributed by atoms with Gasteiger partial charge in [0.2, 0.25) is 0 Å². The third kappa shape index (κ3) is 8.34. The molecular formula is C15H20F3NO2. The second kappa shape index (κ2) is 6.93. The first-order valence-electron chi connectivity index (χ1n) is 6.66. The summed E-state index contributed by atoms with van der Waals surface area (Å²) in [5.74, 6) is -0.246. The Morgan fingerprint density at radius 1 is 1.14 bits per heavy atom. The molecule has 0 radical (unpaired) electrons. The van der Waals surface area contributed by atoms with Crippen LogP contribution in [0, 0.1) is 0 Å². The van der Waals surface area contributed by atoms with Crippen molar-refractivity contribution in [2.45, 2.75) is 45.5 Å². The van der Waals surface area contributed by atoms with Crippen molar-refractivity contribution in [2.75, 3.05) is 6.54 Å². The fourth-order valence-electron chi connectivity index (χ4n) is 1.70. The van der Waals surface area contributed by atoms with Crippen LogP contribution in [-0.2, 0) is 11.2 Å². The summed E-state index contributed by atoms with van der Waals surface area (Å²) in [5.41, 5.74) is 0.627. The van der Waals surface area contributed by atoms with E-state index in [4.69, 9.17) is 0 Å². The quantitative estimate of drug-likeness (QED) is 0.874. The number of rotatable bonds is 6. The first kappa shape index (κ1) is 17.5. The van der Waals surface area contributed by atoms with Gasteiger partial charge in [-0.1, -0.05) is 12.1 Å². The molecule has 0 aliphatic carbocycles. The van der Waals surface area contributed by atoms with Gasteiger partial charge >= 0.3 is 6.36 Å². The van der Waals surface area contributed by atoms with E-state index < -0.39 is 6.36 Å². The van der Waals surface area contributed by atoms with Crippen LogP contribution in [0.4, 0.5) is 13.2 Å². The number of hydrogen-bond donors (Lipinski definition) is 1. The largest absolute Gasteiger partial charge is 0.573 e. The molecule has 0 fully saturated rings. The Labute approximate surface area is 122 Å². The summed E-state index contributed by atoms with van der Waals surface area (Å²) in [6, 6.07) is 5.36. The fourth-order valence-corrected chi connectivity index (χ4v) is 1.70. The van der Waals surface area contributed by atoms with E-state index in [9.17, 15) is 18.0 Å². The number of halogens is 3. The van der Waals surface area contributed by atoms with Crippen LogP contribution in [0.25, 0.3) is 0 Å². The lowest BCUT2D eigenvalue weighted by Crippen LogP contribution is -2.37. The maximum atomic E-state index is 12.0. The molecule has 0 aliphatic heterocycles. The molecule has 118 valence electrons. The average Bonchev–Trinajstić information content (AvgIpc) is 2.28. The van der Waals surface area contributed by atoms with E-state index in [1.807, 2.05) is 20.8 Å². The standard InChI is InChI=1S/C15H20F3NO2/c1-14(2,3)19-9-8-12(20)10-11-4-6-13(7-5-11)21-15(16,17)18/h4-7,19H,8-10H2,1-3H3. The predicted molar refractivity (Wildman–Crippen MR) is 74.2 cm³/mol. The van der Waals surface area contributed by atoms with Crippen LogP contribution in [-0.4, -0.2) is 24.2 Å². The molecule has 0 saturated heterocycles. The van der Waals surface area contributed by atoms with Crippen LogP contribution in [0.5, 0.6) is 5.75 Å². The molecule has 1 aromatic rings. The molecule has 6 heteroatoms. The molecule has 1 aromatic carbocycles. The van der Waals surface area contributed by atoms with Crippen molar-refractivity contribution >= 4 is 5.78 Å². The highest BCUT2D eigenvalue weighted by atomic mass is 19.4. The minimum atomic E-state index is -4.70. The van der Waals surface area contributed by atoms with Crippen molar-refractivity contribution in [1.29, 1.82) is 0 Å². The lowest BCUT2D eigenvalue weighted by molar-refractivity contribution is -0.274. The topological polar surface area (TPSA) is 38.3 Å². The molecular weight excluding hydrogens is 283 g/mol. The van der Waals surface area contributed by atoms with Crippen molar-refractivity contribution in [3.63, 3.8) is 0 Å². The molecule has 21 heavy (non-hydrogen) atoms. The summed E-state index contributed by atoms with van der Waals surface area (Å²) in [4.78, 5) is 11.8. The van der Waals surface area contributed by atoms with Gasteiger partial charge in [-0.2, -0.15) is 0 Å². The summed E-state index contributed by atoms with van der Waals surface area (Å²) < 4.78 is 39.8. The van der Waals surface area contributed by atoms with Gasteiger partial charge < -0.3 is 10.1 Å². The minimum absolute atomic E-state index is 0.0382. The molecule has 3 nitrogen and oxygen atoms in total. The number of carbonyl (C=O) groups is 1. The number of alkyl halides is 3. The van der Waals surface area contributed by atoms with Crippen LogP contribution >= 0.6 is 0 Å². The van der Waals surface area contributed by atoms with Crippen LogP contribution in [0.3, 0.4) is 0 Å². The van der Waals surface area contributed by atoms with Gasteiger partial charge in [-0.15, -0.1) is 13.2 Å². The minimum Gasteiger partial charge on any atom is -0.406 e. The second-order valence-electron chi connectivity index (χ2n) is 5.83. The van der Waals surface area contributed by atoms with Gasteiger partial charge in [0, 0.05) is 24.9 Å². The molecule has 0 atom stereocenters. The molecule has 1 rings (SSSR count). The predicted octanol–water partition coefficient (Wildman–Crippen LogP) is 3.48. The fraction of sp³-hybridized carbons (Fsp3) is 0.533. The Morgan fingerprint density at radius 2 is 1.71 bits per heavy atom. The lowest BCUT2D eigenvalue weighted by atomic mass is 10.1. The Balaban J connectivity index is 2.43. The maximum absolute atomic E-state index is 12.0. The lowest BCUT2D eigenvalue weighted by Gasteiger charge is -2.20. The average molecular weight is 303 g/mol. The van der Waals surface area contributed by atoms with Gasteiger partial charge in [0.05, 0.1) is 0 Å². The van der Waals surface area contributed by atoms with Gasteiger partial charge in [-0.05, 0) is 38.5 Å². The van der Waals surface area contributed by atoms with Gasteiger partial charge in [0.25, 0.3) is 0 Å². The highest BCUT2D eigenvalue weighted by Crippen LogP contribution is 2.22. The summed E-state index contributed by atoms with van der Waals surface area (Å²) >= 11 is 0. The van der Waals surface area contributed by atoms with Gasteiger partial charge in [-0.25, -0.2) is 0 Å². The van der Waals surface area contributed by atoms with E-state index in [2.05, 4.69) is 10.1 Å². The van der Waals surface area contributed by atoms with E-state index in [0.29, 0.717) is 18.5 Å². The van der Waals surface area contributed by atoms with Crippen molar-refractivity contribution in [1.82, 2.24) is 5.32 Å². The van der Waals surface area contributed by atoms with Crippen molar-refractivity contribution in [3.8, 4) is 5.75 Å². The first-order chi connectivity index (χ1) is 9.55. The summed E-state index contributed by atoms with van der Waals surface area (Å²) in [6.45, 7) is 6.61. The summed E-state index contributed by atoms with van der Waals surface area (Å²) in [6.07, 6.45) is -4.11. The third-order valence-corrected chi connectivity index (χ3v) is 2.62. The second-order valence-corrected chi connectivity index (χ2v) is 5.83. The highest BCUT2D eigenvalue weighted by Gasteiger charge is 2.30. The third-order valence-electron chi connectivity index (χ3n) is 2.62. The number of carbonyl (C=O) groups excluding carboxylic acids is 1. The van der Waals surface area contributed by atoms with E-state index in [1.54, 1.807) is 0 Å². The molecule has 1 N–H and O–H groups in total. The number of Topliss-reactive ketones (excluding diaryl/α,β-unsaturated/α-hetero) is 1. The van der Waals surface area contributed by atoms with Crippen molar-refractivity contribution < 1.29 is 22.7 Å². The van der Waals surface area contributed by atoms with Crippen LogP contribution < -0.4 is 10.1 Å². The zero-order valence-electron chi connectivity index (χ0n) is 12.4. The monoisotopic (exact) mass is 303 g/mol. The smallest absolute Gasteiger partial charge is 0.406 e. The summed E-state index contributed by atoms with van der Waals surface area (Å²) in [5, 5.41) is 3.21. The molecule has 0 heterocycles. The van der Waals surface area contributed by atoms with Crippen molar-refractivity contribution in [3.05, 3.63) is 29.8 Å². The van der Waals surface area contributed by atoms with E-state index in [-0.39, 0.29) is 23.5 Å². The zero-order valence-corrected chi connectivity index (χ0v) is 12.4. The zero-order chi connectivity index (χ0) is 16.1. The number of ether oxygens (including phenoxy) is 1. The SMILES string of the molecule is CC(C)(C)NCCC(=O)Cc1ccc(OC(F)(F)F)cc1. The van der Waals surface area contributed by atoms with Gasteiger partial charge in [0.1, 0.15) is 11.5 Å². The Bertz CT molecular complexity index is 461. The number of ketones is 1. The molecule has 0 aromatic heterocycles. The normalized spacial score (nSPS) is 12.3. The number of nitrogens with one attached hydrogen (secondary N) is 1. The molecule has 0 saturated carbocycles. The Morgan fingerprint density at radius 3 is 2.19 bits per heavy atom.